The van der Waals surface area contributed by atoms with Crippen LogP contribution in [-0.4, -0.2) is 63.8 Å². The molecule has 0 radical (unpaired) electrons. The van der Waals surface area contributed by atoms with Crippen LogP contribution in [0, 0.1) is 0 Å². The first kappa shape index (κ1) is 17.5. The summed E-state index contributed by atoms with van der Waals surface area (Å²) in [5.74, 6) is 1.01. The molecule has 1 aromatic heterocycles. The van der Waals surface area contributed by atoms with Gasteiger partial charge in [-0.15, -0.1) is 0 Å². The number of likely N-dealkylation sites (tertiary alicyclic amines) is 2. The van der Waals surface area contributed by atoms with Crippen molar-refractivity contribution >= 4 is 28.9 Å². The summed E-state index contributed by atoms with van der Waals surface area (Å²) in [5.41, 5.74) is 2.01. The number of aromatic amines is 1. The molecule has 4 rings (SSSR count). The molecule has 0 unspecified atom stereocenters. The second kappa shape index (κ2) is 7.38. The first-order valence-electron chi connectivity index (χ1n) is 9.42. The number of imide groups is 1. The number of amides is 4. The van der Waals surface area contributed by atoms with Gasteiger partial charge in [-0.3, -0.25) is 14.5 Å². The second-order valence-corrected chi connectivity index (χ2v) is 7.07. The fourth-order valence-electron chi connectivity index (χ4n) is 3.78. The number of nitrogens with one attached hydrogen (secondary N) is 2. The summed E-state index contributed by atoms with van der Waals surface area (Å²) in [6.07, 6.45) is 2.27. The zero-order valence-electron chi connectivity index (χ0n) is 15.1. The number of para-hydroxylation sites is 2. The molecule has 0 spiro atoms. The van der Waals surface area contributed by atoms with Crippen LogP contribution in [0.15, 0.2) is 24.3 Å². The Balaban J connectivity index is 1.25. The van der Waals surface area contributed by atoms with Crippen molar-refractivity contribution < 1.29 is 14.4 Å². The van der Waals surface area contributed by atoms with Crippen molar-refractivity contribution in [3.63, 3.8) is 0 Å². The highest BCUT2D eigenvalue weighted by Crippen LogP contribution is 2.27. The minimum absolute atomic E-state index is 0.142. The number of imidazole rings is 1. The number of hydrogen-bond acceptors (Lipinski definition) is 4. The minimum atomic E-state index is -0.152. The maximum Gasteiger partial charge on any atom is 0.317 e. The third-order valence-electron chi connectivity index (χ3n) is 5.34. The number of carbonyl (C=O) groups is 3. The number of hydrogen-bond donors (Lipinski definition) is 2. The van der Waals surface area contributed by atoms with Crippen LogP contribution in [0.5, 0.6) is 0 Å². The van der Waals surface area contributed by atoms with Gasteiger partial charge >= 0.3 is 6.03 Å². The summed E-state index contributed by atoms with van der Waals surface area (Å²) >= 11 is 0. The standard InChI is InChI=1S/C19H23N5O3/c25-16-5-6-17(26)24(16)12-9-20-19(27)23-10-7-13(8-11-23)18-21-14-3-1-2-4-15(14)22-18/h1-4,13H,5-12H2,(H,20,27)(H,21,22). The summed E-state index contributed by atoms with van der Waals surface area (Å²) in [6, 6.07) is 7.83. The van der Waals surface area contributed by atoms with Crippen LogP contribution >= 0.6 is 0 Å². The third-order valence-corrected chi connectivity index (χ3v) is 5.34. The Morgan fingerprint density at radius 2 is 1.85 bits per heavy atom. The SMILES string of the molecule is O=C(NCCN1C(=O)CCC1=O)N1CCC(c2nc3ccccc3[nH]2)CC1. The molecule has 8 nitrogen and oxygen atoms in total. The van der Waals surface area contributed by atoms with Gasteiger partial charge < -0.3 is 15.2 Å². The number of aromatic nitrogens is 2. The molecule has 2 aliphatic rings. The zero-order valence-corrected chi connectivity index (χ0v) is 15.1. The Morgan fingerprint density at radius 1 is 1.15 bits per heavy atom. The van der Waals surface area contributed by atoms with Crippen molar-refractivity contribution in [2.24, 2.45) is 0 Å². The van der Waals surface area contributed by atoms with Crippen LogP contribution < -0.4 is 5.32 Å². The molecule has 142 valence electrons. The molecule has 0 saturated carbocycles. The lowest BCUT2D eigenvalue weighted by Gasteiger charge is -2.31. The van der Waals surface area contributed by atoms with Gasteiger partial charge in [-0.25, -0.2) is 9.78 Å². The van der Waals surface area contributed by atoms with E-state index in [1.807, 2.05) is 24.3 Å². The van der Waals surface area contributed by atoms with Crippen molar-refractivity contribution in [2.45, 2.75) is 31.6 Å². The Labute approximate surface area is 156 Å². The summed E-state index contributed by atoms with van der Waals surface area (Å²) in [6.45, 7) is 1.86. The van der Waals surface area contributed by atoms with Crippen LogP contribution in [0.2, 0.25) is 0 Å². The van der Waals surface area contributed by atoms with Crippen LogP contribution in [0.25, 0.3) is 11.0 Å². The van der Waals surface area contributed by atoms with Crippen LogP contribution in [-0.2, 0) is 9.59 Å². The van der Waals surface area contributed by atoms with E-state index in [9.17, 15) is 14.4 Å². The molecule has 0 aliphatic carbocycles. The molecule has 0 bridgehead atoms. The normalized spacial score (nSPS) is 18.5. The number of rotatable bonds is 4. The first-order valence-corrected chi connectivity index (χ1v) is 9.42. The molecule has 0 atom stereocenters. The van der Waals surface area contributed by atoms with Crippen LogP contribution in [0.1, 0.15) is 37.4 Å². The average Bonchev–Trinajstić information content (AvgIpc) is 3.26. The smallest absolute Gasteiger partial charge is 0.317 e. The maximum absolute atomic E-state index is 12.3. The molecule has 2 saturated heterocycles. The highest BCUT2D eigenvalue weighted by Gasteiger charge is 2.29. The highest BCUT2D eigenvalue weighted by atomic mass is 16.2. The molecular formula is C19H23N5O3. The van der Waals surface area contributed by atoms with Gasteiger partial charge in [0.15, 0.2) is 0 Å². The number of carbonyl (C=O) groups excluding carboxylic acids is 3. The van der Waals surface area contributed by atoms with E-state index in [4.69, 9.17) is 0 Å². The predicted octanol–water partition coefficient (Wildman–Crippen LogP) is 1.60. The molecule has 1 aromatic carbocycles. The Kier molecular flexibility index (Phi) is 4.79. The van der Waals surface area contributed by atoms with Gasteiger partial charge in [-0.1, -0.05) is 12.1 Å². The van der Waals surface area contributed by atoms with Gasteiger partial charge in [0, 0.05) is 44.9 Å². The number of nitrogens with zero attached hydrogens (tertiary/aromatic N) is 3. The van der Waals surface area contributed by atoms with Gasteiger partial charge in [-0.2, -0.15) is 0 Å². The monoisotopic (exact) mass is 369 g/mol. The number of piperidine rings is 1. The Bertz CT molecular complexity index is 820. The summed E-state index contributed by atoms with van der Waals surface area (Å²) in [7, 11) is 0. The van der Waals surface area contributed by atoms with Gasteiger partial charge in [0.2, 0.25) is 11.8 Å². The summed E-state index contributed by atoms with van der Waals surface area (Å²) < 4.78 is 0. The first-order chi connectivity index (χ1) is 13.1. The Morgan fingerprint density at radius 3 is 2.56 bits per heavy atom. The lowest BCUT2D eigenvalue weighted by Crippen LogP contribution is -2.46. The van der Waals surface area contributed by atoms with Gasteiger partial charge in [0.1, 0.15) is 5.82 Å². The molecule has 8 heteroatoms. The number of urea groups is 1. The molecule has 2 aliphatic heterocycles. The van der Waals surface area contributed by atoms with E-state index < -0.39 is 0 Å². The predicted molar refractivity (Wildman–Crippen MR) is 99.0 cm³/mol. The topological polar surface area (TPSA) is 98.4 Å². The highest BCUT2D eigenvalue weighted by molar-refractivity contribution is 6.01. The average molecular weight is 369 g/mol. The van der Waals surface area contributed by atoms with E-state index >= 15 is 0 Å². The van der Waals surface area contributed by atoms with Crippen molar-refractivity contribution in [1.29, 1.82) is 0 Å². The largest absolute Gasteiger partial charge is 0.342 e. The lowest BCUT2D eigenvalue weighted by atomic mass is 9.96. The van der Waals surface area contributed by atoms with E-state index in [-0.39, 0.29) is 37.2 Å². The van der Waals surface area contributed by atoms with Gasteiger partial charge in [0.05, 0.1) is 11.0 Å². The summed E-state index contributed by atoms with van der Waals surface area (Å²) in [5, 5.41) is 2.81. The lowest BCUT2D eigenvalue weighted by molar-refractivity contribution is -0.138. The van der Waals surface area contributed by atoms with E-state index in [1.165, 1.54) is 4.90 Å². The quantitative estimate of drug-likeness (QED) is 0.800. The van der Waals surface area contributed by atoms with E-state index in [1.54, 1.807) is 4.90 Å². The zero-order chi connectivity index (χ0) is 18.8. The molecule has 2 aromatic rings. The molecule has 3 heterocycles. The molecule has 4 amide bonds. The molecular weight excluding hydrogens is 346 g/mol. The third kappa shape index (κ3) is 3.65. The van der Waals surface area contributed by atoms with Gasteiger partial charge in [-0.05, 0) is 25.0 Å². The van der Waals surface area contributed by atoms with E-state index in [0.717, 1.165) is 29.7 Å². The minimum Gasteiger partial charge on any atom is -0.342 e. The van der Waals surface area contributed by atoms with Crippen LogP contribution in [0.3, 0.4) is 0 Å². The maximum atomic E-state index is 12.3. The summed E-state index contributed by atoms with van der Waals surface area (Å²) in [4.78, 5) is 46.5. The van der Waals surface area contributed by atoms with Crippen molar-refractivity contribution in [1.82, 2.24) is 25.1 Å². The van der Waals surface area contributed by atoms with Crippen molar-refractivity contribution in [3.8, 4) is 0 Å². The van der Waals surface area contributed by atoms with E-state index in [2.05, 4.69) is 15.3 Å². The number of fused-ring (bicyclic) bond motifs is 1. The van der Waals surface area contributed by atoms with Crippen LogP contribution in [0.4, 0.5) is 4.79 Å². The van der Waals surface area contributed by atoms with E-state index in [0.29, 0.717) is 25.6 Å². The van der Waals surface area contributed by atoms with Crippen molar-refractivity contribution in [2.75, 3.05) is 26.2 Å². The second-order valence-electron chi connectivity index (χ2n) is 7.07. The Hall–Kier alpha value is -2.90. The molecule has 27 heavy (non-hydrogen) atoms. The fourth-order valence-corrected chi connectivity index (χ4v) is 3.78. The number of benzene rings is 1. The fraction of sp³-hybridized carbons (Fsp3) is 0.474. The molecule has 2 fully saturated rings. The molecule has 2 N–H and O–H groups in total. The van der Waals surface area contributed by atoms with Gasteiger partial charge in [0.25, 0.3) is 0 Å². The number of H-pyrrole nitrogens is 1. The van der Waals surface area contributed by atoms with Crippen molar-refractivity contribution in [3.05, 3.63) is 30.1 Å².